The first-order valence-electron chi connectivity index (χ1n) is 8.82. The van der Waals surface area contributed by atoms with Crippen molar-refractivity contribution in [2.24, 2.45) is 0 Å². The number of aryl methyl sites for hydroxylation is 2. The van der Waals surface area contributed by atoms with E-state index in [1.165, 1.54) is 22.3 Å². The fourth-order valence-corrected chi connectivity index (χ4v) is 3.22. The zero-order chi connectivity index (χ0) is 17.6. The Labute approximate surface area is 145 Å². The van der Waals surface area contributed by atoms with Gasteiger partial charge >= 0.3 is 0 Å². The van der Waals surface area contributed by atoms with Crippen LogP contribution in [0.25, 0.3) is 22.3 Å². The van der Waals surface area contributed by atoms with Crippen molar-refractivity contribution in [2.45, 2.75) is 53.4 Å². The minimum Gasteiger partial charge on any atom is -0.289 e. The summed E-state index contributed by atoms with van der Waals surface area (Å²) in [6.07, 6.45) is 0. The summed E-state index contributed by atoms with van der Waals surface area (Å²) in [5.41, 5.74) is 9.18. The predicted molar refractivity (Wildman–Crippen MR) is 104 cm³/mol. The lowest BCUT2D eigenvalue weighted by Crippen LogP contribution is -1.90. The lowest BCUT2D eigenvalue weighted by molar-refractivity contribution is 0.866. The molecule has 124 valence electrons. The van der Waals surface area contributed by atoms with E-state index in [-0.39, 0.29) is 5.43 Å². The molecule has 3 rings (SSSR count). The van der Waals surface area contributed by atoms with Crippen LogP contribution in [-0.4, -0.2) is 0 Å². The van der Waals surface area contributed by atoms with Crippen molar-refractivity contribution >= 4 is 0 Å². The van der Waals surface area contributed by atoms with Crippen LogP contribution < -0.4 is 5.43 Å². The summed E-state index contributed by atoms with van der Waals surface area (Å²) in [6.45, 7) is 12.9. The summed E-state index contributed by atoms with van der Waals surface area (Å²) in [5.74, 6) is 0.932. The number of hydrogen-bond donors (Lipinski definition) is 0. The summed E-state index contributed by atoms with van der Waals surface area (Å²) in [4.78, 5) is 12.6. The van der Waals surface area contributed by atoms with Gasteiger partial charge in [0, 0.05) is 11.1 Å². The molecule has 0 amide bonds. The highest BCUT2D eigenvalue weighted by atomic mass is 16.1. The van der Waals surface area contributed by atoms with Gasteiger partial charge in [-0.25, -0.2) is 0 Å². The zero-order valence-corrected chi connectivity index (χ0v) is 15.5. The second-order valence-electron chi connectivity index (χ2n) is 7.54. The van der Waals surface area contributed by atoms with Gasteiger partial charge in [0.1, 0.15) is 0 Å². The van der Waals surface area contributed by atoms with Crippen molar-refractivity contribution in [3.63, 3.8) is 0 Å². The first-order chi connectivity index (χ1) is 11.3. The number of rotatable bonds is 4. The minimum absolute atomic E-state index is 0.211. The van der Waals surface area contributed by atoms with Crippen LogP contribution in [-0.2, 0) is 0 Å². The lowest BCUT2D eigenvalue weighted by atomic mass is 9.94. The minimum atomic E-state index is 0.211. The lowest BCUT2D eigenvalue weighted by Gasteiger charge is -2.10. The zero-order valence-electron chi connectivity index (χ0n) is 15.5. The van der Waals surface area contributed by atoms with Crippen LogP contribution in [0.3, 0.4) is 0 Å². The fraction of sp³-hybridized carbons (Fsp3) is 0.348. The largest absolute Gasteiger partial charge is 0.289 e. The van der Waals surface area contributed by atoms with Gasteiger partial charge in [0.25, 0.3) is 0 Å². The monoisotopic (exact) mass is 318 g/mol. The topological polar surface area (TPSA) is 17.1 Å². The normalized spacial score (nSPS) is 11.8. The molecule has 0 aliphatic heterocycles. The molecular formula is C23H26O. The van der Waals surface area contributed by atoms with Gasteiger partial charge in [-0.3, -0.25) is 4.79 Å². The van der Waals surface area contributed by atoms with Crippen molar-refractivity contribution in [2.75, 3.05) is 0 Å². The van der Waals surface area contributed by atoms with Gasteiger partial charge in [0.2, 0.25) is 0 Å². The fourth-order valence-electron chi connectivity index (χ4n) is 3.22. The molecule has 1 nitrogen and oxygen atoms in total. The molecule has 0 aliphatic carbocycles. The highest BCUT2D eigenvalue weighted by Gasteiger charge is 2.28. The molecule has 0 unspecified atom stereocenters. The van der Waals surface area contributed by atoms with Crippen molar-refractivity contribution < 1.29 is 0 Å². The van der Waals surface area contributed by atoms with Crippen LogP contribution in [0.2, 0.25) is 0 Å². The Bertz CT molecular complexity index is 830. The maximum absolute atomic E-state index is 12.6. The smallest absolute Gasteiger partial charge is 0.195 e. The quantitative estimate of drug-likeness (QED) is 0.566. The first kappa shape index (κ1) is 16.7. The molecule has 0 aromatic heterocycles. The molecule has 3 aromatic rings. The summed E-state index contributed by atoms with van der Waals surface area (Å²) >= 11 is 0. The maximum Gasteiger partial charge on any atom is 0.195 e. The van der Waals surface area contributed by atoms with Crippen LogP contribution in [0.15, 0.2) is 41.2 Å². The highest BCUT2D eigenvalue weighted by Crippen LogP contribution is 2.39. The standard InChI is InChI=1S/C23H26O/c1-13(2)17-9-7-15(5)19(11-17)21-22(23(21)24)20-12-18(14(3)4)10-8-16(20)6/h7-14H,1-6H3. The third-order valence-electron chi connectivity index (χ3n) is 5.04. The van der Waals surface area contributed by atoms with E-state index in [2.05, 4.69) is 77.9 Å². The maximum atomic E-state index is 12.6. The van der Waals surface area contributed by atoms with Crippen molar-refractivity contribution in [1.29, 1.82) is 0 Å². The van der Waals surface area contributed by atoms with Gasteiger partial charge in [-0.05, 0) is 59.1 Å². The molecule has 0 saturated carbocycles. The van der Waals surface area contributed by atoms with Gasteiger partial charge in [-0.15, -0.1) is 0 Å². The summed E-state index contributed by atoms with van der Waals surface area (Å²) < 4.78 is 0. The predicted octanol–water partition coefficient (Wildman–Crippen LogP) is 6.12. The van der Waals surface area contributed by atoms with Crippen molar-refractivity contribution in [3.05, 3.63) is 68.9 Å². The van der Waals surface area contributed by atoms with Crippen LogP contribution >= 0.6 is 0 Å². The molecule has 0 N–H and O–H groups in total. The molecular weight excluding hydrogens is 292 g/mol. The third-order valence-corrected chi connectivity index (χ3v) is 5.04. The highest BCUT2D eigenvalue weighted by molar-refractivity contribution is 5.96. The van der Waals surface area contributed by atoms with Crippen molar-refractivity contribution in [1.82, 2.24) is 0 Å². The molecule has 0 heterocycles. The Balaban J connectivity index is 2.10. The Morgan fingerprint density at radius 3 is 1.38 bits per heavy atom. The van der Waals surface area contributed by atoms with Crippen molar-refractivity contribution in [3.8, 4) is 22.3 Å². The molecule has 0 saturated heterocycles. The average Bonchev–Trinajstić information content (AvgIpc) is 3.18. The van der Waals surface area contributed by atoms with Gasteiger partial charge in [-0.2, -0.15) is 0 Å². The van der Waals surface area contributed by atoms with Crippen LogP contribution in [0.4, 0.5) is 0 Å². The van der Waals surface area contributed by atoms with E-state index in [0.717, 1.165) is 22.3 Å². The second-order valence-corrected chi connectivity index (χ2v) is 7.54. The van der Waals surface area contributed by atoms with Gasteiger partial charge < -0.3 is 0 Å². The molecule has 0 bridgehead atoms. The summed E-state index contributed by atoms with van der Waals surface area (Å²) in [6, 6.07) is 13.0. The third kappa shape index (κ3) is 2.84. The number of hydrogen-bond acceptors (Lipinski definition) is 1. The van der Waals surface area contributed by atoms with E-state index in [4.69, 9.17) is 0 Å². The number of benzene rings is 2. The molecule has 0 atom stereocenters. The van der Waals surface area contributed by atoms with E-state index in [1.807, 2.05) is 0 Å². The molecule has 3 aromatic carbocycles. The molecule has 0 aliphatic rings. The first-order valence-corrected chi connectivity index (χ1v) is 8.82. The van der Waals surface area contributed by atoms with Crippen LogP contribution in [0.1, 0.15) is 61.8 Å². The van der Waals surface area contributed by atoms with Gasteiger partial charge in [0.05, 0.1) is 0 Å². The van der Waals surface area contributed by atoms with Crippen LogP contribution in [0, 0.1) is 13.8 Å². The molecule has 0 fully saturated rings. The molecule has 1 heteroatoms. The van der Waals surface area contributed by atoms with E-state index in [1.54, 1.807) is 0 Å². The van der Waals surface area contributed by atoms with E-state index in [9.17, 15) is 4.79 Å². The van der Waals surface area contributed by atoms with Crippen LogP contribution in [0.5, 0.6) is 0 Å². The SMILES string of the molecule is Cc1ccc(C(C)C)cc1-c1c(-c2cc(C(C)C)ccc2C)c1=O. The van der Waals surface area contributed by atoms with E-state index in [0.29, 0.717) is 11.8 Å². The Morgan fingerprint density at radius 1 is 0.667 bits per heavy atom. The van der Waals surface area contributed by atoms with E-state index < -0.39 is 0 Å². The van der Waals surface area contributed by atoms with E-state index >= 15 is 0 Å². The molecule has 0 spiro atoms. The average molecular weight is 318 g/mol. The Hall–Kier alpha value is -2.15. The summed E-state index contributed by atoms with van der Waals surface area (Å²) in [7, 11) is 0. The Morgan fingerprint density at radius 2 is 1.04 bits per heavy atom. The van der Waals surface area contributed by atoms with Gasteiger partial charge in [-0.1, -0.05) is 64.1 Å². The van der Waals surface area contributed by atoms with Gasteiger partial charge in [0.15, 0.2) is 5.43 Å². The second kappa shape index (κ2) is 6.05. The molecule has 0 radical (unpaired) electrons. The molecule has 24 heavy (non-hydrogen) atoms. The Kier molecular flexibility index (Phi) is 4.21. The summed E-state index contributed by atoms with van der Waals surface area (Å²) in [5, 5.41) is 0.